The van der Waals surface area contributed by atoms with Gasteiger partial charge < -0.3 is 9.15 Å². The van der Waals surface area contributed by atoms with E-state index >= 15 is 0 Å². The number of furan rings is 1. The number of hydrogen-bond acceptors (Lipinski definition) is 4. The van der Waals surface area contributed by atoms with Crippen LogP contribution in [0.4, 0.5) is 0 Å². The number of carbonyl (C=O) groups is 1. The van der Waals surface area contributed by atoms with Gasteiger partial charge in [0.1, 0.15) is 12.2 Å². The third kappa shape index (κ3) is 6.09. The summed E-state index contributed by atoms with van der Waals surface area (Å²) in [7, 11) is 0. The van der Waals surface area contributed by atoms with Crippen molar-refractivity contribution in [1.82, 2.24) is 5.43 Å². The molecule has 174 valence electrons. The minimum Gasteiger partial charge on any atom is -0.486 e. The molecule has 0 radical (unpaired) electrons. The molecule has 11 heteroatoms. The molecule has 0 fully saturated rings. The predicted octanol–water partition coefficient (Wildman–Crippen LogP) is 8.87. The zero-order chi connectivity index (χ0) is 24.4. The molecule has 1 aromatic heterocycles. The predicted molar refractivity (Wildman–Crippen MR) is 152 cm³/mol. The van der Waals surface area contributed by atoms with Crippen LogP contribution < -0.4 is 10.2 Å². The molecule has 0 unspecified atom stereocenters. The van der Waals surface area contributed by atoms with Gasteiger partial charge in [0, 0.05) is 9.86 Å². The smallest absolute Gasteiger partial charge is 0.307 e. The van der Waals surface area contributed by atoms with Crippen LogP contribution in [0.3, 0.4) is 0 Å². The second-order valence-corrected chi connectivity index (χ2v) is 11.1. The Hall–Kier alpha value is -1.30. The fourth-order valence-electron chi connectivity index (χ4n) is 2.99. The van der Waals surface area contributed by atoms with Crippen LogP contribution in [0.5, 0.6) is 5.75 Å². The molecule has 1 amide bonds. The minimum atomic E-state index is -0.467. The summed E-state index contributed by atoms with van der Waals surface area (Å²) in [5, 5.41) is 6.13. The third-order valence-corrected chi connectivity index (χ3v) is 7.39. The number of hydrogen-bond donors (Lipinski definition) is 1. The summed E-state index contributed by atoms with van der Waals surface area (Å²) in [6, 6.07) is 14.2. The first-order valence-electron chi connectivity index (χ1n) is 9.49. The summed E-state index contributed by atoms with van der Waals surface area (Å²) in [5.74, 6) is 0.163. The zero-order valence-electron chi connectivity index (χ0n) is 16.8. The number of rotatable bonds is 6. The van der Waals surface area contributed by atoms with E-state index in [-0.39, 0.29) is 12.4 Å². The Morgan fingerprint density at radius 3 is 2.59 bits per heavy atom. The SMILES string of the molecule is O=C(N/N=C\c1cc(Cl)c(OCc2ccc(Cl)c(Cl)c2)c(Br)c1)c1cc2cc(Br)cc(I)c2o1. The quantitative estimate of drug-likeness (QED) is 0.122. The van der Waals surface area contributed by atoms with E-state index in [9.17, 15) is 4.79 Å². The monoisotopic (exact) mass is 754 g/mol. The van der Waals surface area contributed by atoms with E-state index in [1.165, 1.54) is 6.21 Å². The molecular formula is C23H12Br2Cl3IN2O3. The van der Waals surface area contributed by atoms with Crippen LogP contribution in [0.1, 0.15) is 21.7 Å². The number of carbonyl (C=O) groups excluding carboxylic acids is 1. The van der Waals surface area contributed by atoms with E-state index in [0.29, 0.717) is 36.4 Å². The van der Waals surface area contributed by atoms with E-state index in [1.807, 2.05) is 18.2 Å². The number of halogens is 6. The average molecular weight is 757 g/mol. The Bertz CT molecular complexity index is 1420. The normalized spacial score (nSPS) is 11.4. The number of fused-ring (bicyclic) bond motifs is 1. The zero-order valence-corrected chi connectivity index (χ0v) is 24.4. The van der Waals surface area contributed by atoms with Crippen LogP contribution in [0.2, 0.25) is 15.1 Å². The lowest BCUT2D eigenvalue weighted by atomic mass is 10.2. The maximum Gasteiger partial charge on any atom is 0.307 e. The molecule has 0 saturated heterocycles. The van der Waals surface area contributed by atoms with Gasteiger partial charge in [-0.3, -0.25) is 4.79 Å². The van der Waals surface area contributed by atoms with Gasteiger partial charge in [-0.15, -0.1) is 0 Å². The van der Waals surface area contributed by atoms with Crippen LogP contribution in [0.25, 0.3) is 11.0 Å². The van der Waals surface area contributed by atoms with E-state index in [4.69, 9.17) is 44.0 Å². The molecule has 34 heavy (non-hydrogen) atoms. The number of amides is 1. The van der Waals surface area contributed by atoms with Gasteiger partial charge >= 0.3 is 5.91 Å². The van der Waals surface area contributed by atoms with Crippen molar-refractivity contribution in [2.75, 3.05) is 0 Å². The molecule has 0 atom stereocenters. The Balaban J connectivity index is 1.42. The maximum absolute atomic E-state index is 12.4. The summed E-state index contributed by atoms with van der Waals surface area (Å²) < 4.78 is 13.9. The fraction of sp³-hybridized carbons (Fsp3) is 0.0435. The lowest BCUT2D eigenvalue weighted by molar-refractivity contribution is 0.0929. The number of nitrogens with zero attached hydrogens (tertiary/aromatic N) is 1. The Morgan fingerprint density at radius 1 is 1.06 bits per heavy atom. The van der Waals surface area contributed by atoms with Gasteiger partial charge in [-0.2, -0.15) is 5.10 Å². The lowest BCUT2D eigenvalue weighted by Crippen LogP contribution is -2.16. The average Bonchev–Trinajstić information content (AvgIpc) is 3.20. The Morgan fingerprint density at radius 2 is 1.85 bits per heavy atom. The molecule has 0 spiro atoms. The number of hydrazone groups is 1. The lowest BCUT2D eigenvalue weighted by Gasteiger charge is -2.11. The van der Waals surface area contributed by atoms with E-state index < -0.39 is 5.91 Å². The summed E-state index contributed by atoms with van der Waals surface area (Å²) in [4.78, 5) is 12.4. The maximum atomic E-state index is 12.4. The summed E-state index contributed by atoms with van der Waals surface area (Å²) in [6.07, 6.45) is 1.47. The number of nitrogens with one attached hydrogen (secondary N) is 1. The molecule has 0 aliphatic heterocycles. The Labute approximate surface area is 240 Å². The number of ether oxygens (including phenoxy) is 1. The minimum absolute atomic E-state index is 0.161. The fourth-order valence-corrected chi connectivity index (χ4v) is 5.96. The molecule has 0 bridgehead atoms. The van der Waals surface area contributed by atoms with Crippen molar-refractivity contribution in [3.63, 3.8) is 0 Å². The molecule has 1 N–H and O–H groups in total. The van der Waals surface area contributed by atoms with Crippen molar-refractivity contribution in [3.8, 4) is 5.75 Å². The van der Waals surface area contributed by atoms with Gasteiger partial charge in [-0.05, 0) is 92.1 Å². The van der Waals surface area contributed by atoms with Crippen molar-refractivity contribution in [3.05, 3.63) is 93.0 Å². The van der Waals surface area contributed by atoms with Crippen LogP contribution in [0.15, 0.2) is 67.0 Å². The summed E-state index contributed by atoms with van der Waals surface area (Å²) >= 11 is 27.4. The van der Waals surface area contributed by atoms with Crippen LogP contribution in [0, 0.1) is 3.57 Å². The highest BCUT2D eigenvalue weighted by Crippen LogP contribution is 2.35. The molecule has 3 aromatic carbocycles. The van der Waals surface area contributed by atoms with Gasteiger partial charge in [0.05, 0.1) is 29.3 Å². The first-order chi connectivity index (χ1) is 16.2. The summed E-state index contributed by atoms with van der Waals surface area (Å²) in [6.45, 7) is 0.256. The Kier molecular flexibility index (Phi) is 8.48. The molecule has 0 aliphatic carbocycles. The second-order valence-electron chi connectivity index (χ2n) is 6.97. The van der Waals surface area contributed by atoms with Crippen molar-refractivity contribution < 1.29 is 13.9 Å². The van der Waals surface area contributed by atoms with Crippen LogP contribution in [-0.4, -0.2) is 12.1 Å². The van der Waals surface area contributed by atoms with E-state index in [1.54, 1.807) is 30.3 Å². The van der Waals surface area contributed by atoms with Crippen LogP contribution >= 0.6 is 89.3 Å². The molecular weight excluding hydrogens is 745 g/mol. The summed E-state index contributed by atoms with van der Waals surface area (Å²) in [5.41, 5.74) is 4.61. The molecule has 5 nitrogen and oxygen atoms in total. The molecule has 0 aliphatic rings. The van der Waals surface area contributed by atoms with Gasteiger partial charge in [-0.1, -0.05) is 56.8 Å². The largest absolute Gasteiger partial charge is 0.486 e. The standard InChI is InChI=1S/C23H12Br2Cl3IN2O3/c24-14-6-13-7-20(34-21(13)19(29)8-14)23(32)31-30-9-12-3-15(25)22(18(28)5-12)33-10-11-1-2-16(26)17(27)4-11/h1-9H,10H2,(H,31,32)/b30-9-. The number of benzene rings is 3. The second kappa shape index (κ2) is 11.2. The van der Waals surface area contributed by atoms with Crippen molar-refractivity contribution in [2.24, 2.45) is 5.10 Å². The molecule has 4 rings (SSSR count). The first kappa shape index (κ1) is 25.8. The van der Waals surface area contributed by atoms with Crippen molar-refractivity contribution >= 4 is 112 Å². The van der Waals surface area contributed by atoms with E-state index in [2.05, 4.69) is 65.0 Å². The van der Waals surface area contributed by atoms with Crippen molar-refractivity contribution in [1.29, 1.82) is 0 Å². The highest BCUT2D eigenvalue weighted by Gasteiger charge is 2.14. The molecule has 1 heterocycles. The molecule has 4 aromatic rings. The van der Waals surface area contributed by atoms with Crippen LogP contribution in [-0.2, 0) is 6.61 Å². The van der Waals surface area contributed by atoms with Gasteiger partial charge in [0.15, 0.2) is 11.5 Å². The molecule has 0 saturated carbocycles. The van der Waals surface area contributed by atoms with Gasteiger partial charge in [-0.25, -0.2) is 5.43 Å². The first-order valence-corrected chi connectivity index (χ1v) is 13.3. The highest BCUT2D eigenvalue weighted by molar-refractivity contribution is 14.1. The van der Waals surface area contributed by atoms with Gasteiger partial charge in [0.25, 0.3) is 0 Å². The van der Waals surface area contributed by atoms with E-state index in [0.717, 1.165) is 19.0 Å². The van der Waals surface area contributed by atoms with Gasteiger partial charge in [0.2, 0.25) is 0 Å². The topological polar surface area (TPSA) is 63.8 Å². The third-order valence-electron chi connectivity index (χ3n) is 4.53. The highest BCUT2D eigenvalue weighted by atomic mass is 127. The van der Waals surface area contributed by atoms with Crippen molar-refractivity contribution in [2.45, 2.75) is 6.61 Å².